The first kappa shape index (κ1) is 16.5. The monoisotopic (exact) mass is 355 g/mol. The van der Waals surface area contributed by atoms with E-state index >= 15 is 0 Å². The van der Waals surface area contributed by atoms with Crippen LogP contribution in [0.5, 0.6) is 0 Å². The minimum Gasteiger partial charge on any atom is -0.491 e. The molecule has 0 aliphatic heterocycles. The average Bonchev–Trinajstić information content (AvgIpc) is 1.39. The van der Waals surface area contributed by atoms with Gasteiger partial charge in [0.2, 0.25) is 0 Å². The zero-order valence-corrected chi connectivity index (χ0v) is 11.0. The molecule has 0 aliphatic carbocycles. The summed E-state index contributed by atoms with van der Waals surface area (Å²) >= 11 is 2.94. The third-order valence-electron chi connectivity index (χ3n) is 0. The fourth-order valence-electron chi connectivity index (χ4n) is 0. The van der Waals surface area contributed by atoms with Crippen LogP contribution in [0.4, 0.5) is 0 Å². The van der Waals surface area contributed by atoms with Crippen molar-refractivity contribution in [3.63, 3.8) is 0 Å². The Kier molecular flexibility index (Phi) is 54.4. The van der Waals surface area contributed by atoms with Gasteiger partial charge in [0.15, 0.2) is 0 Å². The van der Waals surface area contributed by atoms with Gasteiger partial charge in [0.1, 0.15) is 0 Å². The van der Waals surface area contributed by atoms with Gasteiger partial charge in [-0.25, -0.2) is 45.7 Å². The molecule has 0 atom stereocenters. The molecule has 0 rings (SSSR count). The summed E-state index contributed by atoms with van der Waals surface area (Å²) in [5.74, 6) is 0. The summed E-state index contributed by atoms with van der Waals surface area (Å²) in [6.45, 7) is 0. The Morgan fingerprint density at radius 1 is 1.00 bits per heavy atom. The van der Waals surface area contributed by atoms with E-state index < -0.39 is 0 Å². The molecule has 0 amide bonds. The maximum absolute atomic E-state index is 7.18. The molecule has 0 saturated carbocycles. The number of hydrogen-bond donors (Lipinski definition) is 2. The molecule has 0 aromatic rings. The number of nitrogens with zero attached hydrogens (tertiary/aromatic N) is 2. The number of hydrogen-bond acceptors (Lipinski definition) is 2. The first-order valence-corrected chi connectivity index (χ1v) is 2.67. The molecule has 7 heavy (non-hydrogen) atoms. The van der Waals surface area contributed by atoms with E-state index in [0.29, 0.717) is 0 Å². The van der Waals surface area contributed by atoms with Crippen molar-refractivity contribution < 1.29 is 61.8 Å². The Balaban J connectivity index is -0.0000000400. The van der Waals surface area contributed by atoms with Crippen molar-refractivity contribution in [3.8, 4) is 0 Å². The molecule has 0 aromatic heterocycles. The summed E-state index contributed by atoms with van der Waals surface area (Å²) in [7, 11) is 0. The quantitative estimate of drug-likeness (QED) is 0.340. The molecule has 0 radical (unpaired) electrons. The smallest absolute Gasteiger partial charge is 0.491 e. The summed E-state index contributed by atoms with van der Waals surface area (Å²) in [5.41, 5.74) is 0. The number of rotatable bonds is 0. The Morgan fingerprint density at radius 3 is 1.00 bits per heavy atom. The minimum absolute atomic E-state index is 0. The van der Waals surface area contributed by atoms with E-state index in [-0.39, 0.29) is 51.4 Å². The molecule has 0 saturated heterocycles. The van der Waals surface area contributed by atoms with Crippen molar-refractivity contribution in [2.75, 3.05) is 0 Å². The molecular weight excluding hydrogens is 353 g/mol. The SMILES string of the molecule is O[N-]I.O[N-]I.[K+]. The second kappa shape index (κ2) is 23.1. The molecule has 7 heteroatoms. The van der Waals surface area contributed by atoms with Gasteiger partial charge in [-0.15, -0.1) is 0 Å². The van der Waals surface area contributed by atoms with E-state index in [1.165, 1.54) is 45.7 Å². The molecule has 0 aromatic carbocycles. The van der Waals surface area contributed by atoms with Crippen LogP contribution in [0.25, 0.3) is 7.39 Å². The standard InChI is InChI=1S/2HINO.K/c2*1-2-3;/h2*3H;/q2*-1;+1. The van der Waals surface area contributed by atoms with Crippen LogP contribution >= 0.6 is 45.7 Å². The van der Waals surface area contributed by atoms with Crippen molar-refractivity contribution in [2.24, 2.45) is 0 Å². The first-order chi connectivity index (χ1) is 2.83. The summed E-state index contributed by atoms with van der Waals surface area (Å²) in [6, 6.07) is 0. The van der Waals surface area contributed by atoms with Crippen LogP contribution in [-0.4, -0.2) is 10.4 Å². The maximum Gasteiger partial charge on any atom is 1.00 e. The third kappa shape index (κ3) is 49.9. The van der Waals surface area contributed by atoms with E-state index in [1.807, 2.05) is 0 Å². The van der Waals surface area contributed by atoms with Crippen molar-refractivity contribution in [3.05, 3.63) is 7.39 Å². The van der Waals surface area contributed by atoms with Gasteiger partial charge < -0.3 is 17.8 Å². The Labute approximate surface area is 112 Å². The van der Waals surface area contributed by atoms with Gasteiger partial charge in [-0.1, -0.05) is 0 Å². The van der Waals surface area contributed by atoms with Gasteiger partial charge >= 0.3 is 51.4 Å². The van der Waals surface area contributed by atoms with Crippen LogP contribution in [0.2, 0.25) is 0 Å². The van der Waals surface area contributed by atoms with Gasteiger partial charge in [0.05, 0.1) is 0 Å². The summed E-state index contributed by atoms with van der Waals surface area (Å²) < 4.78 is 4.94. The molecule has 0 aliphatic rings. The van der Waals surface area contributed by atoms with Crippen LogP contribution in [0.1, 0.15) is 0 Å². The van der Waals surface area contributed by atoms with Gasteiger partial charge in [-0.05, 0) is 0 Å². The van der Waals surface area contributed by atoms with Gasteiger partial charge in [0, 0.05) is 0 Å². The predicted octanol–water partition coefficient (Wildman–Crippen LogP) is -0.797. The maximum atomic E-state index is 7.18. The minimum atomic E-state index is 0. The zero-order valence-electron chi connectivity index (χ0n) is 3.54. The summed E-state index contributed by atoms with van der Waals surface area (Å²) in [4.78, 5) is 0. The Hall–Kier alpha value is 2.94. The molecule has 0 spiro atoms. The van der Waals surface area contributed by atoms with E-state index in [9.17, 15) is 0 Å². The molecule has 0 heterocycles. The fourth-order valence-corrected chi connectivity index (χ4v) is 0. The van der Waals surface area contributed by atoms with E-state index in [4.69, 9.17) is 10.4 Å². The summed E-state index contributed by atoms with van der Waals surface area (Å²) in [5, 5.41) is 14.4. The van der Waals surface area contributed by atoms with Gasteiger partial charge in [-0.2, -0.15) is 0 Å². The van der Waals surface area contributed by atoms with Crippen molar-refractivity contribution in [1.29, 1.82) is 0 Å². The van der Waals surface area contributed by atoms with Crippen molar-refractivity contribution in [1.82, 2.24) is 0 Å². The second-order valence-corrected chi connectivity index (χ2v) is 1.01. The van der Waals surface area contributed by atoms with Crippen LogP contribution in [0.15, 0.2) is 0 Å². The van der Waals surface area contributed by atoms with Crippen LogP contribution < -0.4 is 51.4 Å². The fraction of sp³-hybridized carbons (Fsp3) is 0. The van der Waals surface area contributed by atoms with Crippen molar-refractivity contribution in [2.45, 2.75) is 0 Å². The Bertz CT molecular complexity index is 15.7. The molecule has 2 N–H and O–H groups in total. The van der Waals surface area contributed by atoms with E-state index in [2.05, 4.69) is 7.39 Å². The predicted molar refractivity (Wildman–Crippen MR) is 38.3 cm³/mol. The van der Waals surface area contributed by atoms with E-state index in [0.717, 1.165) is 0 Å². The van der Waals surface area contributed by atoms with Gasteiger partial charge in [-0.3, -0.25) is 0 Å². The normalized spacial score (nSPS) is 5.14. The molecule has 4 nitrogen and oxygen atoms in total. The molecule has 0 bridgehead atoms. The largest absolute Gasteiger partial charge is 1.00 e. The van der Waals surface area contributed by atoms with Crippen molar-refractivity contribution >= 4 is 45.7 Å². The molecule has 0 unspecified atom stereocenters. The third-order valence-corrected chi connectivity index (χ3v) is 0. The molecular formula is H2I2KN2O2-. The molecule has 0 fully saturated rings. The topological polar surface area (TPSA) is 68.7 Å². The van der Waals surface area contributed by atoms with Gasteiger partial charge in [0.25, 0.3) is 0 Å². The number of halogens is 2. The zero-order chi connectivity index (χ0) is 5.41. The van der Waals surface area contributed by atoms with Crippen LogP contribution in [-0.2, 0) is 0 Å². The van der Waals surface area contributed by atoms with E-state index in [1.54, 1.807) is 0 Å². The first-order valence-electron chi connectivity index (χ1n) is 0.738. The second-order valence-electron chi connectivity index (χ2n) is 0.151. The van der Waals surface area contributed by atoms with Crippen LogP contribution in [0.3, 0.4) is 0 Å². The summed E-state index contributed by atoms with van der Waals surface area (Å²) in [6.07, 6.45) is 0. The molecule has 40 valence electrons. The Morgan fingerprint density at radius 2 is 1.00 bits per heavy atom. The average molecular weight is 355 g/mol. The van der Waals surface area contributed by atoms with Crippen LogP contribution in [0, 0.1) is 0 Å².